The number of H-pyrrole nitrogens is 1. The van der Waals surface area contributed by atoms with Gasteiger partial charge in [-0.15, -0.1) is 5.10 Å². The number of carbonyl (C=O) groups is 1. The molecule has 0 spiro atoms. The lowest BCUT2D eigenvalue weighted by Crippen LogP contribution is -2.33. The summed E-state index contributed by atoms with van der Waals surface area (Å²) >= 11 is 1.99. The molecule has 0 aliphatic heterocycles. The monoisotopic (exact) mass is 280 g/mol. The number of nitrogens with zero attached hydrogens (tertiary/aromatic N) is 2. The van der Waals surface area contributed by atoms with Gasteiger partial charge in [-0.25, -0.2) is 4.98 Å². The average molecular weight is 280 g/mol. The lowest BCUT2D eigenvalue weighted by Gasteiger charge is -2.11. The molecule has 1 amide bonds. The minimum atomic E-state index is -0.129. The van der Waals surface area contributed by atoms with Gasteiger partial charge in [-0.2, -0.15) is 11.8 Å². The summed E-state index contributed by atoms with van der Waals surface area (Å²) in [6, 6.07) is 0.291. The maximum atomic E-state index is 12.1. The zero-order chi connectivity index (χ0) is 13.2. The first-order chi connectivity index (χ1) is 9.26. The van der Waals surface area contributed by atoms with Gasteiger partial charge in [0, 0.05) is 17.2 Å². The third-order valence-electron chi connectivity index (χ3n) is 3.79. The topological polar surface area (TPSA) is 70.7 Å². The SMILES string of the molecule is CCSC1CCC(NC(=O)c2n[nH]c(C3CC3)n2)C1. The summed E-state index contributed by atoms with van der Waals surface area (Å²) in [6.45, 7) is 2.18. The Bertz CT molecular complexity index is 457. The molecule has 2 N–H and O–H groups in total. The van der Waals surface area contributed by atoms with Crippen LogP contribution in [0.5, 0.6) is 0 Å². The number of amides is 1. The summed E-state index contributed by atoms with van der Waals surface area (Å²) in [6.07, 6.45) is 5.67. The molecule has 2 unspecified atom stereocenters. The largest absolute Gasteiger partial charge is 0.346 e. The fourth-order valence-corrected chi connectivity index (χ4v) is 3.77. The molecule has 2 atom stereocenters. The Hall–Kier alpha value is -1.04. The van der Waals surface area contributed by atoms with E-state index in [1.165, 1.54) is 6.42 Å². The van der Waals surface area contributed by atoms with Crippen LogP contribution in [0.15, 0.2) is 0 Å². The molecule has 2 aliphatic rings. The van der Waals surface area contributed by atoms with Crippen molar-refractivity contribution >= 4 is 17.7 Å². The van der Waals surface area contributed by atoms with Crippen LogP contribution in [0.4, 0.5) is 0 Å². The molecule has 2 aliphatic carbocycles. The Morgan fingerprint density at radius 3 is 3.00 bits per heavy atom. The second-order valence-corrected chi connectivity index (χ2v) is 6.96. The summed E-state index contributed by atoms with van der Waals surface area (Å²) in [5.41, 5.74) is 0. The van der Waals surface area contributed by atoms with E-state index in [0.717, 1.165) is 37.3 Å². The Balaban J connectivity index is 1.53. The average Bonchev–Trinajstić information content (AvgIpc) is 2.96. The number of carbonyl (C=O) groups excluding carboxylic acids is 1. The molecule has 104 valence electrons. The Morgan fingerprint density at radius 1 is 1.42 bits per heavy atom. The van der Waals surface area contributed by atoms with Crippen LogP contribution >= 0.6 is 11.8 Å². The zero-order valence-electron chi connectivity index (χ0n) is 11.2. The number of thioether (sulfide) groups is 1. The number of hydrogen-bond acceptors (Lipinski definition) is 4. The molecular weight excluding hydrogens is 260 g/mol. The van der Waals surface area contributed by atoms with Crippen LogP contribution in [0, 0.1) is 0 Å². The third-order valence-corrected chi connectivity index (χ3v) is 5.02. The predicted octanol–water partition coefficient (Wildman–Crippen LogP) is 2.09. The summed E-state index contributed by atoms with van der Waals surface area (Å²) in [4.78, 5) is 16.3. The molecule has 3 rings (SSSR count). The number of aromatic nitrogens is 3. The van der Waals surface area contributed by atoms with Crippen LogP contribution < -0.4 is 5.32 Å². The predicted molar refractivity (Wildman–Crippen MR) is 75.4 cm³/mol. The summed E-state index contributed by atoms with van der Waals surface area (Å²) in [5, 5.41) is 10.7. The summed E-state index contributed by atoms with van der Waals surface area (Å²) in [5.74, 6) is 2.70. The maximum Gasteiger partial charge on any atom is 0.291 e. The van der Waals surface area contributed by atoms with Crippen molar-refractivity contribution in [3.8, 4) is 0 Å². The standard InChI is InChI=1S/C13H20N4OS/c1-2-19-10-6-5-9(7-10)14-13(18)12-15-11(16-17-12)8-3-4-8/h8-10H,2-7H2,1H3,(H,14,18)(H,15,16,17). The highest BCUT2D eigenvalue weighted by Gasteiger charge is 2.30. The Morgan fingerprint density at radius 2 is 2.26 bits per heavy atom. The van der Waals surface area contributed by atoms with Crippen molar-refractivity contribution in [3.63, 3.8) is 0 Å². The molecule has 2 fully saturated rings. The van der Waals surface area contributed by atoms with E-state index in [4.69, 9.17) is 0 Å². The summed E-state index contributed by atoms with van der Waals surface area (Å²) < 4.78 is 0. The third kappa shape index (κ3) is 3.11. The fraction of sp³-hybridized carbons (Fsp3) is 0.769. The maximum absolute atomic E-state index is 12.1. The van der Waals surface area contributed by atoms with Crippen molar-refractivity contribution in [1.82, 2.24) is 20.5 Å². The van der Waals surface area contributed by atoms with Gasteiger partial charge in [-0.3, -0.25) is 9.89 Å². The van der Waals surface area contributed by atoms with Crippen LogP contribution in [0.1, 0.15) is 61.4 Å². The van der Waals surface area contributed by atoms with Gasteiger partial charge in [0.25, 0.3) is 5.91 Å². The van der Waals surface area contributed by atoms with Gasteiger partial charge in [0.1, 0.15) is 5.82 Å². The normalized spacial score (nSPS) is 26.6. The van der Waals surface area contributed by atoms with E-state index in [1.54, 1.807) is 0 Å². The van der Waals surface area contributed by atoms with Crippen LogP contribution in [-0.2, 0) is 0 Å². The number of aromatic amines is 1. The van der Waals surface area contributed by atoms with E-state index < -0.39 is 0 Å². The van der Waals surface area contributed by atoms with Crippen LogP contribution in [0.2, 0.25) is 0 Å². The molecule has 2 saturated carbocycles. The van der Waals surface area contributed by atoms with Gasteiger partial charge >= 0.3 is 0 Å². The number of nitrogens with one attached hydrogen (secondary N) is 2. The molecule has 6 heteroatoms. The Labute approximate surface area is 117 Å². The van der Waals surface area contributed by atoms with Crippen molar-refractivity contribution in [2.24, 2.45) is 0 Å². The number of rotatable bonds is 5. The molecule has 0 radical (unpaired) electrons. The van der Waals surface area contributed by atoms with E-state index >= 15 is 0 Å². The van der Waals surface area contributed by atoms with E-state index in [1.807, 2.05) is 11.8 Å². The van der Waals surface area contributed by atoms with E-state index in [0.29, 0.717) is 23.0 Å². The smallest absolute Gasteiger partial charge is 0.291 e. The van der Waals surface area contributed by atoms with Gasteiger partial charge in [0.2, 0.25) is 5.82 Å². The van der Waals surface area contributed by atoms with Gasteiger partial charge in [-0.1, -0.05) is 6.92 Å². The van der Waals surface area contributed by atoms with Gasteiger partial charge in [0.15, 0.2) is 0 Å². The second-order valence-electron chi connectivity index (χ2n) is 5.38. The minimum Gasteiger partial charge on any atom is -0.346 e. The Kier molecular flexibility index (Phi) is 3.77. The fourth-order valence-electron chi connectivity index (χ4n) is 2.62. The first-order valence-corrected chi connectivity index (χ1v) is 8.16. The van der Waals surface area contributed by atoms with Crippen LogP contribution in [0.3, 0.4) is 0 Å². The zero-order valence-corrected chi connectivity index (χ0v) is 12.0. The van der Waals surface area contributed by atoms with Crippen molar-refractivity contribution in [2.45, 2.75) is 56.2 Å². The minimum absolute atomic E-state index is 0.129. The van der Waals surface area contributed by atoms with Crippen molar-refractivity contribution < 1.29 is 4.79 Å². The molecule has 0 aromatic carbocycles. The molecule has 1 heterocycles. The van der Waals surface area contributed by atoms with Crippen LogP contribution in [0.25, 0.3) is 0 Å². The molecule has 1 aromatic rings. The van der Waals surface area contributed by atoms with E-state index in [2.05, 4.69) is 27.4 Å². The van der Waals surface area contributed by atoms with Crippen molar-refractivity contribution in [1.29, 1.82) is 0 Å². The highest BCUT2D eigenvalue weighted by Crippen LogP contribution is 2.37. The lowest BCUT2D eigenvalue weighted by atomic mass is 10.2. The highest BCUT2D eigenvalue weighted by molar-refractivity contribution is 7.99. The second kappa shape index (κ2) is 5.53. The molecular formula is C13H20N4OS. The molecule has 0 saturated heterocycles. The summed E-state index contributed by atoms with van der Waals surface area (Å²) in [7, 11) is 0. The lowest BCUT2D eigenvalue weighted by molar-refractivity contribution is 0.0928. The first kappa shape index (κ1) is 13.0. The van der Waals surface area contributed by atoms with Crippen molar-refractivity contribution in [2.75, 3.05) is 5.75 Å². The number of hydrogen-bond donors (Lipinski definition) is 2. The van der Waals surface area contributed by atoms with Gasteiger partial charge < -0.3 is 5.32 Å². The first-order valence-electron chi connectivity index (χ1n) is 7.11. The molecule has 5 nitrogen and oxygen atoms in total. The molecule has 0 bridgehead atoms. The molecule has 19 heavy (non-hydrogen) atoms. The van der Waals surface area contributed by atoms with E-state index in [-0.39, 0.29) is 5.91 Å². The quantitative estimate of drug-likeness (QED) is 0.866. The highest BCUT2D eigenvalue weighted by atomic mass is 32.2. The van der Waals surface area contributed by atoms with Crippen LogP contribution in [-0.4, -0.2) is 38.1 Å². The molecule has 1 aromatic heterocycles. The van der Waals surface area contributed by atoms with Crippen molar-refractivity contribution in [3.05, 3.63) is 11.6 Å². The van der Waals surface area contributed by atoms with Gasteiger partial charge in [-0.05, 0) is 37.9 Å². The van der Waals surface area contributed by atoms with Gasteiger partial charge in [0.05, 0.1) is 0 Å². The van der Waals surface area contributed by atoms with E-state index in [9.17, 15) is 4.79 Å².